The first-order chi connectivity index (χ1) is 8.23. The van der Waals surface area contributed by atoms with Gasteiger partial charge in [-0.3, -0.25) is 9.59 Å². The molecule has 0 fully saturated rings. The van der Waals surface area contributed by atoms with Gasteiger partial charge in [0.25, 0.3) is 0 Å². The minimum Gasteiger partial charge on any atom is -0.481 e. The molecule has 8 heteroatoms. The van der Waals surface area contributed by atoms with E-state index in [1.54, 1.807) is 0 Å². The van der Waals surface area contributed by atoms with Crippen molar-refractivity contribution in [3.8, 4) is 0 Å². The van der Waals surface area contributed by atoms with Crippen molar-refractivity contribution in [2.75, 3.05) is 0 Å². The van der Waals surface area contributed by atoms with Crippen LogP contribution in [-0.2, 0) is 14.8 Å². The number of hydrogen-bond acceptors (Lipinski definition) is 4. The number of Topliss-reactive ketones (excluding diaryl/α,β-unsaturated/α-hetero) is 1. The molecular formula is C10H10ClNO5S. The number of ketones is 1. The van der Waals surface area contributed by atoms with E-state index in [1.165, 1.54) is 18.2 Å². The van der Waals surface area contributed by atoms with Crippen LogP contribution in [0.2, 0.25) is 5.02 Å². The molecule has 1 aromatic carbocycles. The maximum absolute atomic E-state index is 11.7. The number of carbonyl (C=O) groups excluding carboxylic acids is 1. The molecule has 0 spiro atoms. The Balaban J connectivity index is 3.12. The fraction of sp³-hybridized carbons (Fsp3) is 0.200. The molecule has 0 aliphatic carbocycles. The minimum absolute atomic E-state index is 0.0514. The van der Waals surface area contributed by atoms with Crippen LogP contribution in [0.5, 0.6) is 0 Å². The molecule has 0 bridgehead atoms. The number of carboxylic acids is 1. The first-order valence-corrected chi connectivity index (χ1v) is 6.72. The molecule has 6 nitrogen and oxygen atoms in total. The standard InChI is InChI=1S/C10H10ClNO5S/c11-10-6(7(13)4-5-9(14)15)2-1-3-8(10)18(12,16)17/h1-3H,4-5H2,(H,14,15)(H2,12,16,17). The summed E-state index contributed by atoms with van der Waals surface area (Å²) in [7, 11) is -4.02. The summed E-state index contributed by atoms with van der Waals surface area (Å²) in [5, 5.41) is 13.1. The van der Waals surface area contributed by atoms with Crippen LogP contribution in [0.3, 0.4) is 0 Å². The van der Waals surface area contributed by atoms with Crippen molar-refractivity contribution in [1.82, 2.24) is 0 Å². The van der Waals surface area contributed by atoms with Crippen LogP contribution in [0.1, 0.15) is 23.2 Å². The predicted octanol–water partition coefficient (Wildman–Crippen LogP) is 1.03. The fourth-order valence-corrected chi connectivity index (χ4v) is 2.48. The smallest absolute Gasteiger partial charge is 0.303 e. The number of aliphatic carboxylic acids is 1. The monoisotopic (exact) mass is 291 g/mol. The molecule has 0 radical (unpaired) electrons. The first kappa shape index (κ1) is 14.6. The number of carboxylic acid groups (broad SMARTS) is 1. The number of primary sulfonamides is 1. The van der Waals surface area contributed by atoms with Gasteiger partial charge in [-0.05, 0) is 12.1 Å². The second kappa shape index (κ2) is 5.47. The van der Waals surface area contributed by atoms with Crippen molar-refractivity contribution in [3.63, 3.8) is 0 Å². The second-order valence-electron chi connectivity index (χ2n) is 3.48. The first-order valence-electron chi connectivity index (χ1n) is 4.80. The highest BCUT2D eigenvalue weighted by Gasteiger charge is 2.19. The highest BCUT2D eigenvalue weighted by molar-refractivity contribution is 7.89. The molecule has 18 heavy (non-hydrogen) atoms. The SMILES string of the molecule is NS(=O)(=O)c1cccc(C(=O)CCC(=O)O)c1Cl. The summed E-state index contributed by atoms with van der Waals surface area (Å²) in [6.45, 7) is 0. The van der Waals surface area contributed by atoms with E-state index < -0.39 is 21.8 Å². The van der Waals surface area contributed by atoms with E-state index in [9.17, 15) is 18.0 Å². The second-order valence-corrected chi connectivity index (χ2v) is 5.39. The number of hydrogen-bond donors (Lipinski definition) is 2. The van der Waals surface area contributed by atoms with Gasteiger partial charge >= 0.3 is 5.97 Å². The summed E-state index contributed by atoms with van der Waals surface area (Å²) in [6.07, 6.45) is -0.613. The molecule has 0 aliphatic heterocycles. The van der Waals surface area contributed by atoms with Crippen LogP contribution >= 0.6 is 11.6 Å². The third-order valence-electron chi connectivity index (χ3n) is 2.14. The summed E-state index contributed by atoms with van der Waals surface area (Å²) in [4.78, 5) is 21.7. The fourth-order valence-electron chi connectivity index (χ4n) is 1.30. The lowest BCUT2D eigenvalue weighted by atomic mass is 10.1. The molecule has 0 saturated heterocycles. The van der Waals surface area contributed by atoms with Crippen LogP contribution in [0.4, 0.5) is 0 Å². The Kier molecular flexibility index (Phi) is 4.44. The van der Waals surface area contributed by atoms with Gasteiger partial charge < -0.3 is 5.11 Å². The van der Waals surface area contributed by atoms with Crippen molar-refractivity contribution in [3.05, 3.63) is 28.8 Å². The van der Waals surface area contributed by atoms with Crippen molar-refractivity contribution in [1.29, 1.82) is 0 Å². The summed E-state index contributed by atoms with van der Waals surface area (Å²) in [6, 6.07) is 3.81. The van der Waals surface area contributed by atoms with E-state index in [4.69, 9.17) is 21.8 Å². The van der Waals surface area contributed by atoms with E-state index in [0.29, 0.717) is 0 Å². The molecule has 98 valence electrons. The van der Waals surface area contributed by atoms with Crippen LogP contribution in [0.15, 0.2) is 23.1 Å². The Hall–Kier alpha value is -1.44. The Morgan fingerprint density at radius 1 is 1.28 bits per heavy atom. The highest BCUT2D eigenvalue weighted by Crippen LogP contribution is 2.25. The van der Waals surface area contributed by atoms with E-state index in [1.807, 2.05) is 0 Å². The van der Waals surface area contributed by atoms with E-state index in [0.717, 1.165) is 0 Å². The van der Waals surface area contributed by atoms with Gasteiger partial charge in [0.15, 0.2) is 5.78 Å². The molecule has 0 unspecified atom stereocenters. The number of rotatable bonds is 5. The average Bonchev–Trinajstić information content (AvgIpc) is 2.24. The van der Waals surface area contributed by atoms with Gasteiger partial charge in [-0.15, -0.1) is 0 Å². The number of sulfonamides is 1. The van der Waals surface area contributed by atoms with Gasteiger partial charge in [-0.25, -0.2) is 13.6 Å². The van der Waals surface area contributed by atoms with Gasteiger partial charge in [0, 0.05) is 12.0 Å². The van der Waals surface area contributed by atoms with E-state index >= 15 is 0 Å². The van der Waals surface area contributed by atoms with Crippen molar-refractivity contribution in [2.24, 2.45) is 5.14 Å². The zero-order valence-electron chi connectivity index (χ0n) is 9.09. The molecule has 0 atom stereocenters. The summed E-state index contributed by atoms with van der Waals surface area (Å²) >= 11 is 5.78. The maximum atomic E-state index is 11.7. The van der Waals surface area contributed by atoms with Crippen LogP contribution in [0, 0.1) is 0 Å². The highest BCUT2D eigenvalue weighted by atomic mass is 35.5. The maximum Gasteiger partial charge on any atom is 0.303 e. The molecule has 0 saturated carbocycles. The van der Waals surface area contributed by atoms with Gasteiger partial charge in [-0.2, -0.15) is 0 Å². The van der Waals surface area contributed by atoms with E-state index in [2.05, 4.69) is 0 Å². The average molecular weight is 292 g/mol. The number of benzene rings is 1. The number of halogens is 1. The Labute approximate surface area is 108 Å². The molecule has 1 aromatic rings. The molecular weight excluding hydrogens is 282 g/mol. The molecule has 0 aromatic heterocycles. The molecule has 0 amide bonds. The van der Waals surface area contributed by atoms with Crippen molar-refractivity contribution < 1.29 is 23.1 Å². The van der Waals surface area contributed by atoms with Crippen LogP contribution in [-0.4, -0.2) is 25.3 Å². The zero-order chi connectivity index (χ0) is 13.9. The number of nitrogens with two attached hydrogens (primary N) is 1. The molecule has 0 aliphatic rings. The normalized spacial score (nSPS) is 11.2. The lowest BCUT2D eigenvalue weighted by Gasteiger charge is -2.06. The Morgan fingerprint density at radius 2 is 1.89 bits per heavy atom. The summed E-state index contributed by atoms with van der Waals surface area (Å²) in [5.41, 5.74) is -0.0514. The largest absolute Gasteiger partial charge is 0.481 e. The topological polar surface area (TPSA) is 115 Å². The summed E-state index contributed by atoms with van der Waals surface area (Å²) < 4.78 is 22.4. The quantitative estimate of drug-likeness (QED) is 0.786. The Bertz CT molecular complexity index is 596. The van der Waals surface area contributed by atoms with E-state index in [-0.39, 0.29) is 28.3 Å². The third kappa shape index (κ3) is 3.52. The molecule has 1 rings (SSSR count). The summed E-state index contributed by atoms with van der Waals surface area (Å²) in [5.74, 6) is -1.67. The van der Waals surface area contributed by atoms with Gasteiger partial charge in [-0.1, -0.05) is 17.7 Å². The zero-order valence-corrected chi connectivity index (χ0v) is 10.7. The third-order valence-corrected chi connectivity index (χ3v) is 3.61. The lowest BCUT2D eigenvalue weighted by Crippen LogP contribution is -2.14. The molecule has 0 heterocycles. The number of carbonyl (C=O) groups is 2. The van der Waals surface area contributed by atoms with Crippen LogP contribution in [0.25, 0.3) is 0 Å². The lowest BCUT2D eigenvalue weighted by molar-refractivity contribution is -0.136. The Morgan fingerprint density at radius 3 is 2.39 bits per heavy atom. The van der Waals surface area contributed by atoms with Crippen molar-refractivity contribution >= 4 is 33.4 Å². The molecule has 3 N–H and O–H groups in total. The predicted molar refractivity (Wildman–Crippen MR) is 64.0 cm³/mol. The van der Waals surface area contributed by atoms with Gasteiger partial charge in [0.05, 0.1) is 11.4 Å². The van der Waals surface area contributed by atoms with Crippen molar-refractivity contribution in [2.45, 2.75) is 17.7 Å². The van der Waals surface area contributed by atoms with Gasteiger partial charge in [0.2, 0.25) is 10.0 Å². The van der Waals surface area contributed by atoms with Gasteiger partial charge in [0.1, 0.15) is 4.90 Å². The minimum atomic E-state index is -4.02. The van der Waals surface area contributed by atoms with Crippen LogP contribution < -0.4 is 5.14 Å².